The number of carbonyl (C=O) groups excluding carboxylic acids is 2. The molecule has 1 aromatic heterocycles. The number of aryl methyl sites for hydroxylation is 1. The van der Waals surface area contributed by atoms with Crippen LogP contribution in [0.1, 0.15) is 48.2 Å². The zero-order valence-corrected chi connectivity index (χ0v) is 21.0. The topological polar surface area (TPSA) is 77.8 Å². The Hall–Kier alpha value is -4.06. The van der Waals surface area contributed by atoms with Crippen LogP contribution in [0.4, 0.5) is 5.69 Å². The predicted octanol–water partition coefficient (Wildman–Crippen LogP) is 7.03. The molecule has 1 N–H and O–H groups in total. The molecule has 6 nitrogen and oxygen atoms in total. The number of benzene rings is 3. The van der Waals surface area contributed by atoms with Crippen LogP contribution in [0, 0.1) is 5.92 Å². The van der Waals surface area contributed by atoms with E-state index in [0.717, 1.165) is 33.2 Å². The highest BCUT2D eigenvalue weighted by atomic mass is 16.5. The molecule has 0 radical (unpaired) electrons. The van der Waals surface area contributed by atoms with Crippen LogP contribution in [-0.4, -0.2) is 25.6 Å². The van der Waals surface area contributed by atoms with Crippen LogP contribution in [0.5, 0.6) is 5.75 Å². The Balaban J connectivity index is 1.44. The molecule has 37 heavy (non-hydrogen) atoms. The van der Waals surface area contributed by atoms with Crippen molar-refractivity contribution in [2.45, 2.75) is 38.5 Å². The van der Waals surface area contributed by atoms with E-state index in [0.29, 0.717) is 31.1 Å². The van der Waals surface area contributed by atoms with Crippen molar-refractivity contribution in [2.24, 2.45) is 5.92 Å². The molecule has 0 spiro atoms. The lowest BCUT2D eigenvalue weighted by Gasteiger charge is -2.17. The van der Waals surface area contributed by atoms with E-state index in [-0.39, 0.29) is 17.6 Å². The van der Waals surface area contributed by atoms with Gasteiger partial charge in [-0.15, -0.1) is 0 Å². The lowest BCUT2D eigenvalue weighted by atomic mass is 9.97. The third-order valence-corrected chi connectivity index (χ3v) is 6.99. The maximum Gasteiger partial charge on any atom is 0.305 e. The Bertz CT molecular complexity index is 1390. The number of carbonyl (C=O) groups is 2. The molecule has 6 heteroatoms. The van der Waals surface area contributed by atoms with E-state index in [4.69, 9.17) is 13.9 Å². The molecular weight excluding hydrogens is 466 g/mol. The summed E-state index contributed by atoms with van der Waals surface area (Å²) in [5.41, 5.74) is 3.75. The van der Waals surface area contributed by atoms with Crippen molar-refractivity contribution in [2.75, 3.05) is 19.0 Å². The van der Waals surface area contributed by atoms with Crippen molar-refractivity contribution in [1.29, 1.82) is 0 Å². The zero-order valence-electron chi connectivity index (χ0n) is 21.0. The van der Waals surface area contributed by atoms with Gasteiger partial charge in [-0.25, -0.2) is 0 Å². The summed E-state index contributed by atoms with van der Waals surface area (Å²) in [4.78, 5) is 24.1. The molecule has 0 bridgehead atoms. The number of methoxy groups -OCH3 is 1. The number of esters is 1. The van der Waals surface area contributed by atoms with Gasteiger partial charge in [0.25, 0.3) is 5.91 Å². The summed E-state index contributed by atoms with van der Waals surface area (Å²) in [5, 5.41) is 4.96. The summed E-state index contributed by atoms with van der Waals surface area (Å²) >= 11 is 0. The summed E-state index contributed by atoms with van der Waals surface area (Å²) in [6, 6.07) is 21.6. The lowest BCUT2D eigenvalue weighted by Crippen LogP contribution is -2.10. The molecule has 190 valence electrons. The fourth-order valence-electron chi connectivity index (χ4n) is 4.91. The monoisotopic (exact) mass is 497 g/mol. The predicted molar refractivity (Wildman–Crippen MR) is 144 cm³/mol. The van der Waals surface area contributed by atoms with E-state index in [1.54, 1.807) is 12.1 Å². The highest BCUT2D eigenvalue weighted by molar-refractivity contribution is 6.03. The van der Waals surface area contributed by atoms with Gasteiger partial charge in [-0.3, -0.25) is 9.59 Å². The number of hydrogen-bond donors (Lipinski definition) is 1. The highest BCUT2D eigenvalue weighted by Crippen LogP contribution is 2.35. The molecule has 1 fully saturated rings. The van der Waals surface area contributed by atoms with Gasteiger partial charge in [-0.2, -0.15) is 0 Å². The molecule has 0 saturated heterocycles. The highest BCUT2D eigenvalue weighted by Gasteiger charge is 2.17. The summed E-state index contributed by atoms with van der Waals surface area (Å²) in [7, 11) is 1.41. The fraction of sp³-hybridized carbons (Fsp3) is 0.290. The fourth-order valence-corrected chi connectivity index (χ4v) is 4.91. The molecule has 1 aliphatic carbocycles. The average molecular weight is 498 g/mol. The molecule has 0 atom stereocenters. The van der Waals surface area contributed by atoms with Gasteiger partial charge in [-0.05, 0) is 89.5 Å². The smallest absolute Gasteiger partial charge is 0.305 e. The van der Waals surface area contributed by atoms with E-state index in [9.17, 15) is 9.59 Å². The van der Waals surface area contributed by atoms with E-state index in [2.05, 4.69) is 29.6 Å². The SMILES string of the molecule is COC(=O)CCc1ccc(OCC2CCCC2)c(-c2ccc3ccc(NC(=O)c4ccco4)cc3c2)c1. The second-order valence-corrected chi connectivity index (χ2v) is 9.58. The van der Waals surface area contributed by atoms with Crippen molar-refractivity contribution >= 4 is 28.3 Å². The Labute approximate surface area is 216 Å². The van der Waals surface area contributed by atoms with Gasteiger partial charge in [0.15, 0.2) is 5.76 Å². The number of hydrogen-bond acceptors (Lipinski definition) is 5. The summed E-state index contributed by atoms with van der Waals surface area (Å²) < 4.78 is 16.4. The Kier molecular flexibility index (Phi) is 7.54. The van der Waals surface area contributed by atoms with Crippen LogP contribution in [-0.2, 0) is 16.0 Å². The number of ether oxygens (including phenoxy) is 2. The molecule has 5 rings (SSSR count). The van der Waals surface area contributed by atoms with Gasteiger partial charge in [0, 0.05) is 17.7 Å². The normalized spacial score (nSPS) is 13.5. The van der Waals surface area contributed by atoms with Gasteiger partial charge in [0.05, 0.1) is 20.0 Å². The number of rotatable bonds is 9. The van der Waals surface area contributed by atoms with E-state index >= 15 is 0 Å². The molecule has 0 aliphatic heterocycles. The molecule has 1 amide bonds. The first-order valence-electron chi connectivity index (χ1n) is 12.8. The number of anilines is 1. The van der Waals surface area contributed by atoms with Gasteiger partial charge in [0.1, 0.15) is 5.75 Å². The third kappa shape index (κ3) is 6.02. The van der Waals surface area contributed by atoms with Crippen molar-refractivity contribution in [3.05, 3.63) is 84.3 Å². The lowest BCUT2D eigenvalue weighted by molar-refractivity contribution is -0.140. The van der Waals surface area contributed by atoms with Crippen LogP contribution in [0.2, 0.25) is 0 Å². The minimum atomic E-state index is -0.290. The van der Waals surface area contributed by atoms with Gasteiger partial charge in [0.2, 0.25) is 0 Å². The number of nitrogens with one attached hydrogen (secondary N) is 1. The minimum absolute atomic E-state index is 0.224. The molecule has 4 aromatic rings. The molecule has 1 saturated carbocycles. The first kappa shape index (κ1) is 24.6. The second kappa shape index (κ2) is 11.3. The van der Waals surface area contributed by atoms with E-state index in [1.807, 2.05) is 30.3 Å². The van der Waals surface area contributed by atoms with Gasteiger partial charge >= 0.3 is 5.97 Å². The van der Waals surface area contributed by atoms with Crippen molar-refractivity contribution in [1.82, 2.24) is 0 Å². The standard InChI is InChI=1S/C31H31NO5/c1-35-30(33)15-9-21-8-14-28(37-20-22-5-2-3-6-22)27(17-21)24-11-10-23-12-13-26(19-25(23)18-24)32-31(34)29-7-4-16-36-29/h4,7-8,10-14,16-19,22H,2-3,5-6,9,15,20H2,1H3,(H,32,34). The molecule has 1 heterocycles. The van der Waals surface area contributed by atoms with Crippen LogP contribution < -0.4 is 10.1 Å². The third-order valence-electron chi connectivity index (χ3n) is 6.99. The summed E-state index contributed by atoms with van der Waals surface area (Å²) in [6.07, 6.45) is 7.39. The summed E-state index contributed by atoms with van der Waals surface area (Å²) in [5.74, 6) is 1.19. The summed E-state index contributed by atoms with van der Waals surface area (Å²) in [6.45, 7) is 0.713. The van der Waals surface area contributed by atoms with Crippen molar-refractivity contribution in [3.8, 4) is 16.9 Å². The average Bonchev–Trinajstić information content (AvgIpc) is 3.65. The zero-order chi connectivity index (χ0) is 25.6. The maximum absolute atomic E-state index is 12.4. The second-order valence-electron chi connectivity index (χ2n) is 9.58. The van der Waals surface area contributed by atoms with E-state index in [1.165, 1.54) is 39.1 Å². The number of furan rings is 1. The largest absolute Gasteiger partial charge is 0.493 e. The van der Waals surface area contributed by atoms with Crippen LogP contribution >= 0.6 is 0 Å². The Morgan fingerprint density at radius 2 is 1.81 bits per heavy atom. The first-order chi connectivity index (χ1) is 18.1. The molecule has 3 aromatic carbocycles. The molecule has 1 aliphatic rings. The van der Waals surface area contributed by atoms with Crippen molar-refractivity contribution < 1.29 is 23.5 Å². The van der Waals surface area contributed by atoms with Crippen LogP contribution in [0.3, 0.4) is 0 Å². The Morgan fingerprint density at radius 3 is 2.59 bits per heavy atom. The Morgan fingerprint density at radius 1 is 0.973 bits per heavy atom. The van der Waals surface area contributed by atoms with Crippen LogP contribution in [0.15, 0.2) is 77.4 Å². The number of fused-ring (bicyclic) bond motifs is 1. The number of amides is 1. The molecule has 0 unspecified atom stereocenters. The molecular formula is C31H31NO5. The van der Waals surface area contributed by atoms with E-state index < -0.39 is 0 Å². The minimum Gasteiger partial charge on any atom is -0.493 e. The van der Waals surface area contributed by atoms with Gasteiger partial charge < -0.3 is 19.2 Å². The maximum atomic E-state index is 12.4. The van der Waals surface area contributed by atoms with Crippen LogP contribution in [0.25, 0.3) is 21.9 Å². The van der Waals surface area contributed by atoms with Gasteiger partial charge in [-0.1, -0.05) is 37.1 Å². The quantitative estimate of drug-likeness (QED) is 0.251. The first-order valence-corrected chi connectivity index (χ1v) is 12.8. The van der Waals surface area contributed by atoms with Crippen molar-refractivity contribution in [3.63, 3.8) is 0 Å².